The maximum absolute atomic E-state index is 6.26. The van der Waals surface area contributed by atoms with Gasteiger partial charge in [0.05, 0.1) is 11.2 Å². The van der Waals surface area contributed by atoms with Crippen LogP contribution < -0.4 is 5.46 Å². The van der Waals surface area contributed by atoms with E-state index in [1.165, 1.54) is 36.7 Å². The lowest BCUT2D eigenvalue weighted by Gasteiger charge is -2.47. The van der Waals surface area contributed by atoms with E-state index in [9.17, 15) is 0 Å². The quantitative estimate of drug-likeness (QED) is 0.719. The molecule has 24 heavy (non-hydrogen) atoms. The number of fused-ring (bicyclic) bond motifs is 4. The summed E-state index contributed by atoms with van der Waals surface area (Å²) in [7, 11) is -0.243. The Kier molecular flexibility index (Phi) is 3.55. The third kappa shape index (κ3) is 2.39. The fourth-order valence-electron chi connectivity index (χ4n) is 4.96. The van der Waals surface area contributed by atoms with E-state index in [1.54, 1.807) is 5.56 Å². The molecule has 1 aliphatic heterocycles. The summed E-state index contributed by atoms with van der Waals surface area (Å²) in [5.41, 5.74) is 4.12. The van der Waals surface area contributed by atoms with Crippen molar-refractivity contribution in [2.75, 3.05) is 0 Å². The SMILES string of the molecule is CC1CCC2(C)CC1Cc1cc(B3OC(C)(C)C(C)(C)O3)ccc12. The Hall–Kier alpha value is -0.795. The summed E-state index contributed by atoms with van der Waals surface area (Å²) >= 11 is 0. The van der Waals surface area contributed by atoms with Gasteiger partial charge >= 0.3 is 7.12 Å². The van der Waals surface area contributed by atoms with Crippen molar-refractivity contribution < 1.29 is 9.31 Å². The first-order valence-corrected chi connectivity index (χ1v) is 9.60. The van der Waals surface area contributed by atoms with Crippen LogP contribution in [0.2, 0.25) is 0 Å². The van der Waals surface area contributed by atoms with E-state index < -0.39 is 0 Å². The Balaban J connectivity index is 1.68. The Bertz CT molecular complexity index is 650. The molecular weight excluding hydrogens is 295 g/mol. The number of benzene rings is 1. The summed E-state index contributed by atoms with van der Waals surface area (Å²) in [5.74, 6) is 1.69. The van der Waals surface area contributed by atoms with Crippen LogP contribution in [-0.2, 0) is 21.1 Å². The normalized spacial score (nSPS) is 36.5. The third-order valence-electron chi connectivity index (χ3n) is 7.46. The standard InChI is InChI=1S/C21H31BO2/c1-14-9-10-21(6)13-16(14)11-15-12-17(7-8-18(15)21)22-23-19(2,3)20(4,5)24-22/h7-8,12,14,16H,9-11,13H2,1-6H3. The average Bonchev–Trinajstić information content (AvgIpc) is 2.71. The van der Waals surface area contributed by atoms with Crippen molar-refractivity contribution in [1.29, 1.82) is 0 Å². The highest BCUT2D eigenvalue weighted by molar-refractivity contribution is 6.62. The van der Waals surface area contributed by atoms with Crippen LogP contribution in [0.1, 0.15) is 71.9 Å². The molecule has 0 amide bonds. The van der Waals surface area contributed by atoms with Gasteiger partial charge in [0.15, 0.2) is 0 Å². The smallest absolute Gasteiger partial charge is 0.399 e. The van der Waals surface area contributed by atoms with Crippen LogP contribution in [0.5, 0.6) is 0 Å². The van der Waals surface area contributed by atoms with Crippen molar-refractivity contribution in [2.24, 2.45) is 11.8 Å². The van der Waals surface area contributed by atoms with E-state index in [0.717, 1.165) is 11.8 Å². The van der Waals surface area contributed by atoms with Crippen molar-refractivity contribution in [3.05, 3.63) is 29.3 Å². The molecule has 3 unspecified atom stereocenters. The van der Waals surface area contributed by atoms with Crippen LogP contribution in [0.4, 0.5) is 0 Å². The highest BCUT2D eigenvalue weighted by Gasteiger charge is 2.52. The van der Waals surface area contributed by atoms with Crippen LogP contribution in [-0.4, -0.2) is 18.3 Å². The van der Waals surface area contributed by atoms with E-state index in [4.69, 9.17) is 9.31 Å². The first-order chi connectivity index (χ1) is 11.1. The monoisotopic (exact) mass is 326 g/mol. The van der Waals surface area contributed by atoms with Crippen molar-refractivity contribution in [3.63, 3.8) is 0 Å². The predicted molar refractivity (Wildman–Crippen MR) is 99.7 cm³/mol. The molecular formula is C21H31BO2. The van der Waals surface area contributed by atoms with Gasteiger partial charge in [0.1, 0.15) is 0 Å². The first kappa shape index (κ1) is 16.7. The molecule has 0 aromatic heterocycles. The molecule has 2 bridgehead atoms. The summed E-state index contributed by atoms with van der Waals surface area (Å²) < 4.78 is 12.5. The van der Waals surface area contributed by atoms with Gasteiger partial charge in [0, 0.05) is 0 Å². The molecule has 2 fully saturated rings. The zero-order valence-electron chi connectivity index (χ0n) is 16.1. The van der Waals surface area contributed by atoms with E-state index >= 15 is 0 Å². The van der Waals surface area contributed by atoms with Gasteiger partial charge in [-0.2, -0.15) is 0 Å². The van der Waals surface area contributed by atoms with Gasteiger partial charge in [-0.15, -0.1) is 0 Å². The average molecular weight is 326 g/mol. The zero-order valence-corrected chi connectivity index (χ0v) is 16.1. The predicted octanol–water partition coefficient (Wildman–Crippen LogP) is 4.24. The minimum absolute atomic E-state index is 0.243. The van der Waals surface area contributed by atoms with E-state index in [2.05, 4.69) is 59.7 Å². The molecule has 130 valence electrons. The Labute approximate surface area is 147 Å². The minimum Gasteiger partial charge on any atom is -0.399 e. The molecule has 3 atom stereocenters. The van der Waals surface area contributed by atoms with E-state index in [1.807, 2.05) is 0 Å². The van der Waals surface area contributed by atoms with Crippen LogP contribution in [0.3, 0.4) is 0 Å². The second-order valence-electron chi connectivity index (χ2n) is 9.75. The zero-order chi connectivity index (χ0) is 17.3. The molecule has 1 saturated heterocycles. The second kappa shape index (κ2) is 5.11. The van der Waals surface area contributed by atoms with Crippen LogP contribution >= 0.6 is 0 Å². The maximum atomic E-state index is 6.26. The minimum atomic E-state index is -0.273. The van der Waals surface area contributed by atoms with Crippen molar-refractivity contribution >= 4 is 12.6 Å². The van der Waals surface area contributed by atoms with Crippen LogP contribution in [0, 0.1) is 11.8 Å². The molecule has 3 aliphatic rings. The molecule has 3 heteroatoms. The van der Waals surface area contributed by atoms with Gasteiger partial charge in [-0.1, -0.05) is 32.0 Å². The van der Waals surface area contributed by atoms with Crippen molar-refractivity contribution in [2.45, 2.75) is 83.8 Å². The third-order valence-corrected chi connectivity index (χ3v) is 7.46. The van der Waals surface area contributed by atoms with Gasteiger partial charge in [-0.25, -0.2) is 0 Å². The molecule has 4 rings (SSSR count). The molecule has 1 aromatic carbocycles. The molecule has 0 radical (unpaired) electrons. The Morgan fingerprint density at radius 2 is 1.71 bits per heavy atom. The lowest BCUT2D eigenvalue weighted by molar-refractivity contribution is 0.00578. The molecule has 1 aromatic rings. The van der Waals surface area contributed by atoms with Crippen molar-refractivity contribution in [3.8, 4) is 0 Å². The topological polar surface area (TPSA) is 18.5 Å². The number of hydrogen-bond acceptors (Lipinski definition) is 2. The molecule has 0 spiro atoms. The van der Waals surface area contributed by atoms with Gasteiger partial charge in [-0.3, -0.25) is 0 Å². The lowest BCUT2D eigenvalue weighted by atomic mass is 9.57. The summed E-state index contributed by atoms with van der Waals surface area (Å²) in [6.07, 6.45) is 5.28. The van der Waals surface area contributed by atoms with Gasteiger partial charge < -0.3 is 9.31 Å². The van der Waals surface area contributed by atoms with Gasteiger partial charge in [0.2, 0.25) is 0 Å². The maximum Gasteiger partial charge on any atom is 0.494 e. The van der Waals surface area contributed by atoms with Gasteiger partial charge in [-0.05, 0) is 87.2 Å². The van der Waals surface area contributed by atoms with Crippen LogP contribution in [0.15, 0.2) is 18.2 Å². The molecule has 1 saturated carbocycles. The fourth-order valence-corrected chi connectivity index (χ4v) is 4.96. The fraction of sp³-hybridized carbons (Fsp3) is 0.714. The molecule has 2 nitrogen and oxygen atoms in total. The number of hydrogen-bond donors (Lipinski definition) is 0. The van der Waals surface area contributed by atoms with E-state index in [0.29, 0.717) is 5.41 Å². The first-order valence-electron chi connectivity index (χ1n) is 9.60. The molecule has 1 heterocycles. The second-order valence-corrected chi connectivity index (χ2v) is 9.75. The molecule has 0 N–H and O–H groups in total. The summed E-state index contributed by atoms with van der Waals surface area (Å²) in [4.78, 5) is 0. The molecule has 2 aliphatic carbocycles. The Morgan fingerprint density at radius 3 is 2.38 bits per heavy atom. The van der Waals surface area contributed by atoms with Gasteiger partial charge in [0.25, 0.3) is 0 Å². The lowest BCUT2D eigenvalue weighted by Crippen LogP contribution is -2.41. The number of rotatable bonds is 1. The van der Waals surface area contributed by atoms with Crippen LogP contribution in [0.25, 0.3) is 0 Å². The van der Waals surface area contributed by atoms with Crippen molar-refractivity contribution in [1.82, 2.24) is 0 Å². The highest BCUT2D eigenvalue weighted by Crippen LogP contribution is 2.50. The summed E-state index contributed by atoms with van der Waals surface area (Å²) in [6.45, 7) is 13.4. The summed E-state index contributed by atoms with van der Waals surface area (Å²) in [5, 5.41) is 0. The largest absolute Gasteiger partial charge is 0.494 e. The summed E-state index contributed by atoms with van der Waals surface area (Å²) in [6, 6.07) is 6.98. The highest BCUT2D eigenvalue weighted by atomic mass is 16.7. The Morgan fingerprint density at radius 1 is 1.04 bits per heavy atom. The van der Waals surface area contributed by atoms with E-state index in [-0.39, 0.29) is 18.3 Å².